The molecule has 2 aromatic rings. The first-order valence-corrected chi connectivity index (χ1v) is 7.33. The number of nitrogens with zero attached hydrogens (tertiary/aromatic N) is 3. The average molecular weight is 276 g/mol. The van der Waals surface area contributed by atoms with E-state index in [9.17, 15) is 0 Å². The molecule has 0 aromatic carbocycles. The van der Waals surface area contributed by atoms with E-state index >= 15 is 0 Å². The van der Waals surface area contributed by atoms with E-state index in [2.05, 4.69) is 51.7 Å². The van der Waals surface area contributed by atoms with Gasteiger partial charge in [0.1, 0.15) is 5.82 Å². The van der Waals surface area contributed by atoms with Gasteiger partial charge < -0.3 is 5.32 Å². The number of aryl methyl sites for hydroxylation is 1. The van der Waals surface area contributed by atoms with E-state index in [4.69, 9.17) is 0 Å². The number of hydrogen-bond donors (Lipinski definition) is 1. The van der Waals surface area contributed by atoms with Crippen LogP contribution in [0.1, 0.15) is 23.2 Å². The number of pyridine rings is 1. The maximum atomic E-state index is 4.49. The molecule has 0 radical (unpaired) electrons. The van der Waals surface area contributed by atoms with Gasteiger partial charge >= 0.3 is 0 Å². The molecule has 2 heterocycles. The summed E-state index contributed by atoms with van der Waals surface area (Å²) in [6.07, 6.45) is 1.86. The summed E-state index contributed by atoms with van der Waals surface area (Å²) in [5.74, 6) is 0.943. The third-order valence-electron chi connectivity index (χ3n) is 2.73. The molecule has 2 aromatic heterocycles. The van der Waals surface area contributed by atoms with Gasteiger partial charge in [-0.25, -0.2) is 9.97 Å². The average Bonchev–Trinajstić information content (AvgIpc) is 2.75. The first-order valence-electron chi connectivity index (χ1n) is 6.45. The number of hydrogen-bond acceptors (Lipinski definition) is 5. The van der Waals surface area contributed by atoms with Gasteiger partial charge in [0.25, 0.3) is 0 Å². The molecule has 0 aliphatic carbocycles. The Labute approximate surface area is 118 Å². The maximum Gasteiger partial charge on any atom is 0.126 e. The van der Waals surface area contributed by atoms with E-state index in [1.54, 1.807) is 11.3 Å². The smallest absolute Gasteiger partial charge is 0.126 e. The molecule has 5 heteroatoms. The van der Waals surface area contributed by atoms with Gasteiger partial charge in [-0.15, -0.1) is 11.3 Å². The predicted molar refractivity (Wildman–Crippen MR) is 80.4 cm³/mol. The molecule has 0 saturated carbocycles. The van der Waals surface area contributed by atoms with E-state index in [0.717, 1.165) is 36.2 Å². The molecule has 0 spiro atoms. The Morgan fingerprint density at radius 1 is 1.37 bits per heavy atom. The first-order chi connectivity index (χ1) is 9.17. The highest BCUT2D eigenvalue weighted by molar-refractivity contribution is 7.09. The number of rotatable bonds is 6. The molecule has 4 nitrogen and oxygen atoms in total. The summed E-state index contributed by atoms with van der Waals surface area (Å²) >= 11 is 1.70. The van der Waals surface area contributed by atoms with Gasteiger partial charge in [0, 0.05) is 31.2 Å². The summed E-state index contributed by atoms with van der Waals surface area (Å²) in [6.45, 7) is 6.79. The molecule has 0 amide bonds. The Balaban J connectivity index is 1.94. The van der Waals surface area contributed by atoms with Crippen LogP contribution in [0.3, 0.4) is 0 Å². The summed E-state index contributed by atoms with van der Waals surface area (Å²) < 4.78 is 0. The molecule has 0 saturated heterocycles. The molecule has 102 valence electrons. The zero-order valence-corrected chi connectivity index (χ0v) is 12.5. The minimum Gasteiger partial charge on any atom is -0.370 e. The normalized spacial score (nSPS) is 10.9. The van der Waals surface area contributed by atoms with E-state index in [1.807, 2.05) is 13.1 Å². The minimum absolute atomic E-state index is 0.878. The van der Waals surface area contributed by atoms with Crippen molar-refractivity contribution in [1.82, 2.24) is 14.9 Å². The Morgan fingerprint density at radius 3 is 2.89 bits per heavy atom. The van der Waals surface area contributed by atoms with Gasteiger partial charge in [-0.3, -0.25) is 4.90 Å². The molecule has 0 bridgehead atoms. The fourth-order valence-electron chi connectivity index (χ4n) is 1.98. The van der Waals surface area contributed by atoms with Crippen LogP contribution in [0.15, 0.2) is 23.7 Å². The number of nitrogens with one attached hydrogen (secondary N) is 1. The SMILES string of the molecule is CCNc1cc(CN(C)Cc2csc(C)n2)ccn1. The van der Waals surface area contributed by atoms with Crippen molar-refractivity contribution in [3.05, 3.63) is 40.0 Å². The Kier molecular flexibility index (Phi) is 4.87. The second-order valence-corrected chi connectivity index (χ2v) is 5.67. The zero-order chi connectivity index (χ0) is 13.7. The second kappa shape index (κ2) is 6.63. The monoisotopic (exact) mass is 276 g/mol. The van der Waals surface area contributed by atoms with Crippen LogP contribution in [0, 0.1) is 6.92 Å². The van der Waals surface area contributed by atoms with E-state index < -0.39 is 0 Å². The fourth-order valence-corrected chi connectivity index (χ4v) is 2.58. The molecule has 19 heavy (non-hydrogen) atoms. The highest BCUT2D eigenvalue weighted by atomic mass is 32.1. The van der Waals surface area contributed by atoms with Crippen LogP contribution in [0.5, 0.6) is 0 Å². The quantitative estimate of drug-likeness (QED) is 0.881. The second-order valence-electron chi connectivity index (χ2n) is 4.61. The molecule has 0 fully saturated rings. The van der Waals surface area contributed by atoms with Crippen LogP contribution in [0.25, 0.3) is 0 Å². The van der Waals surface area contributed by atoms with Crippen molar-refractivity contribution >= 4 is 17.2 Å². The van der Waals surface area contributed by atoms with Crippen LogP contribution in [-0.2, 0) is 13.1 Å². The van der Waals surface area contributed by atoms with Crippen LogP contribution >= 0.6 is 11.3 Å². The topological polar surface area (TPSA) is 41.0 Å². The van der Waals surface area contributed by atoms with Crippen LogP contribution in [0.4, 0.5) is 5.82 Å². The largest absolute Gasteiger partial charge is 0.370 e. The maximum absolute atomic E-state index is 4.49. The van der Waals surface area contributed by atoms with Crippen LogP contribution in [-0.4, -0.2) is 28.5 Å². The van der Waals surface area contributed by atoms with Gasteiger partial charge in [-0.2, -0.15) is 0 Å². The summed E-state index contributed by atoms with van der Waals surface area (Å²) in [6, 6.07) is 4.16. The van der Waals surface area contributed by atoms with Gasteiger partial charge in [0.15, 0.2) is 0 Å². The van der Waals surface area contributed by atoms with E-state index in [1.165, 1.54) is 5.56 Å². The molecule has 0 unspecified atom stereocenters. The first kappa shape index (κ1) is 14.0. The molecule has 0 aliphatic rings. The van der Waals surface area contributed by atoms with Crippen molar-refractivity contribution in [2.75, 3.05) is 18.9 Å². The van der Waals surface area contributed by atoms with Crippen molar-refractivity contribution in [3.63, 3.8) is 0 Å². The van der Waals surface area contributed by atoms with Gasteiger partial charge in [-0.1, -0.05) is 0 Å². The van der Waals surface area contributed by atoms with Crippen molar-refractivity contribution in [2.45, 2.75) is 26.9 Å². The summed E-state index contributed by atoms with van der Waals surface area (Å²) in [5.41, 5.74) is 2.41. The molecular weight excluding hydrogens is 256 g/mol. The minimum atomic E-state index is 0.878. The van der Waals surface area contributed by atoms with Crippen molar-refractivity contribution in [1.29, 1.82) is 0 Å². The molecule has 2 rings (SSSR count). The van der Waals surface area contributed by atoms with Crippen molar-refractivity contribution in [2.24, 2.45) is 0 Å². The van der Waals surface area contributed by atoms with Crippen molar-refractivity contribution < 1.29 is 0 Å². The fraction of sp³-hybridized carbons (Fsp3) is 0.429. The highest BCUT2D eigenvalue weighted by Crippen LogP contribution is 2.13. The van der Waals surface area contributed by atoms with Gasteiger partial charge in [-0.05, 0) is 38.6 Å². The predicted octanol–water partition coefficient (Wildman–Crippen LogP) is 2.91. The van der Waals surface area contributed by atoms with Crippen LogP contribution < -0.4 is 5.32 Å². The van der Waals surface area contributed by atoms with Gasteiger partial charge in [0.05, 0.1) is 10.7 Å². The Hall–Kier alpha value is -1.46. The number of anilines is 1. The van der Waals surface area contributed by atoms with Gasteiger partial charge in [0.2, 0.25) is 0 Å². The zero-order valence-electron chi connectivity index (χ0n) is 11.7. The lowest BCUT2D eigenvalue weighted by Gasteiger charge is -2.15. The summed E-state index contributed by atoms with van der Waals surface area (Å²) in [5, 5.41) is 6.49. The summed E-state index contributed by atoms with van der Waals surface area (Å²) in [7, 11) is 2.11. The molecule has 0 atom stereocenters. The number of thiazole rings is 1. The molecule has 0 aliphatic heterocycles. The third kappa shape index (κ3) is 4.29. The van der Waals surface area contributed by atoms with Crippen LogP contribution in [0.2, 0.25) is 0 Å². The Bertz CT molecular complexity index is 524. The third-order valence-corrected chi connectivity index (χ3v) is 3.56. The molecular formula is C14H20N4S. The highest BCUT2D eigenvalue weighted by Gasteiger charge is 2.05. The lowest BCUT2D eigenvalue weighted by Crippen LogP contribution is -2.17. The summed E-state index contributed by atoms with van der Waals surface area (Å²) in [4.78, 5) is 11.0. The lowest BCUT2D eigenvalue weighted by atomic mass is 10.2. The Morgan fingerprint density at radius 2 is 2.21 bits per heavy atom. The van der Waals surface area contributed by atoms with E-state index in [-0.39, 0.29) is 0 Å². The van der Waals surface area contributed by atoms with E-state index in [0.29, 0.717) is 0 Å². The lowest BCUT2D eigenvalue weighted by molar-refractivity contribution is 0.315. The number of aromatic nitrogens is 2. The molecule has 1 N–H and O–H groups in total. The standard InChI is InChI=1S/C14H20N4S/c1-4-15-14-7-12(5-6-16-14)8-18(3)9-13-10-19-11(2)17-13/h5-7,10H,4,8-9H2,1-3H3,(H,15,16). The van der Waals surface area contributed by atoms with Crippen molar-refractivity contribution in [3.8, 4) is 0 Å².